The Bertz CT molecular complexity index is 917. The second-order valence-electron chi connectivity index (χ2n) is 9.93. The molecule has 1 saturated heterocycles. The first kappa shape index (κ1) is 22.6. The van der Waals surface area contributed by atoms with E-state index in [-0.39, 0.29) is 6.09 Å². The van der Waals surface area contributed by atoms with E-state index in [1.54, 1.807) is 4.90 Å². The van der Waals surface area contributed by atoms with E-state index >= 15 is 0 Å². The summed E-state index contributed by atoms with van der Waals surface area (Å²) in [6.07, 6.45) is 0.862. The third kappa shape index (κ3) is 5.41. The monoisotopic (exact) mass is 436 g/mol. The molecule has 2 aliphatic rings. The summed E-state index contributed by atoms with van der Waals surface area (Å²) >= 11 is 0. The van der Waals surface area contributed by atoms with Crippen LogP contribution in [0.4, 0.5) is 10.6 Å². The molecular formula is C26H36N4O2. The van der Waals surface area contributed by atoms with Crippen LogP contribution in [0, 0.1) is 0 Å². The molecule has 0 radical (unpaired) electrons. The van der Waals surface area contributed by atoms with Crippen LogP contribution < -0.4 is 4.90 Å². The molecule has 1 aromatic heterocycles. The number of carbonyl (C=O) groups is 1. The topological polar surface area (TPSA) is 48.9 Å². The van der Waals surface area contributed by atoms with Crippen molar-refractivity contribution in [2.75, 3.05) is 37.6 Å². The summed E-state index contributed by atoms with van der Waals surface area (Å²) in [5.74, 6) is 1.48. The van der Waals surface area contributed by atoms with E-state index < -0.39 is 5.60 Å². The lowest BCUT2D eigenvalue weighted by Crippen LogP contribution is -2.50. The van der Waals surface area contributed by atoms with Gasteiger partial charge in [0, 0.05) is 51.7 Å². The van der Waals surface area contributed by atoms with Crippen molar-refractivity contribution < 1.29 is 9.53 Å². The van der Waals surface area contributed by atoms with Crippen LogP contribution in [0.5, 0.6) is 0 Å². The summed E-state index contributed by atoms with van der Waals surface area (Å²) in [5.41, 5.74) is 3.50. The first-order valence-electron chi connectivity index (χ1n) is 11.8. The van der Waals surface area contributed by atoms with Crippen LogP contribution in [0.1, 0.15) is 56.9 Å². The fraction of sp³-hybridized carbons (Fsp3) is 0.538. The minimum atomic E-state index is -0.460. The summed E-state index contributed by atoms with van der Waals surface area (Å²) in [4.78, 5) is 24.1. The molecule has 0 N–H and O–H groups in total. The Morgan fingerprint density at radius 2 is 1.78 bits per heavy atom. The minimum Gasteiger partial charge on any atom is -0.444 e. The number of carbonyl (C=O) groups excluding carboxylic acids is 1. The maximum Gasteiger partial charge on any atom is 0.410 e. The highest BCUT2D eigenvalue weighted by molar-refractivity contribution is 5.68. The normalized spacial score (nSPS) is 19.6. The Hall–Kier alpha value is -2.60. The van der Waals surface area contributed by atoms with Gasteiger partial charge in [0.05, 0.1) is 5.69 Å². The number of hydrogen-bond acceptors (Lipinski definition) is 5. The van der Waals surface area contributed by atoms with E-state index in [1.807, 2.05) is 20.8 Å². The highest BCUT2D eigenvalue weighted by Gasteiger charge is 2.29. The van der Waals surface area contributed by atoms with Gasteiger partial charge in [-0.1, -0.05) is 43.3 Å². The largest absolute Gasteiger partial charge is 0.444 e. The van der Waals surface area contributed by atoms with Crippen molar-refractivity contribution in [3.05, 3.63) is 59.3 Å². The summed E-state index contributed by atoms with van der Waals surface area (Å²) in [5, 5.41) is 0. The lowest BCUT2D eigenvalue weighted by molar-refractivity contribution is 0.0240. The fourth-order valence-corrected chi connectivity index (χ4v) is 4.59. The highest BCUT2D eigenvalue weighted by Crippen LogP contribution is 2.32. The quantitative estimate of drug-likeness (QED) is 0.698. The number of hydrogen-bond donors (Lipinski definition) is 0. The van der Waals surface area contributed by atoms with Crippen LogP contribution in [0.15, 0.2) is 42.5 Å². The molecule has 1 fully saturated rings. The Kier molecular flexibility index (Phi) is 6.70. The number of nitrogens with zero attached hydrogens (tertiary/aromatic N) is 4. The second kappa shape index (κ2) is 9.49. The molecule has 172 valence electrons. The highest BCUT2D eigenvalue weighted by atomic mass is 16.6. The van der Waals surface area contributed by atoms with Gasteiger partial charge in [-0.2, -0.15) is 0 Å². The van der Waals surface area contributed by atoms with Crippen LogP contribution in [0.3, 0.4) is 0 Å². The Labute approximate surface area is 192 Å². The first-order chi connectivity index (χ1) is 15.3. The van der Waals surface area contributed by atoms with Gasteiger partial charge in [-0.15, -0.1) is 0 Å². The van der Waals surface area contributed by atoms with E-state index in [4.69, 9.17) is 9.72 Å². The van der Waals surface area contributed by atoms with E-state index in [1.165, 1.54) is 16.8 Å². The van der Waals surface area contributed by atoms with Crippen molar-refractivity contribution in [3.8, 4) is 0 Å². The molecule has 0 spiro atoms. The maximum absolute atomic E-state index is 12.4. The number of ether oxygens (including phenoxy) is 1. The number of aromatic nitrogens is 1. The number of benzene rings is 1. The van der Waals surface area contributed by atoms with Crippen molar-refractivity contribution in [1.29, 1.82) is 0 Å². The van der Waals surface area contributed by atoms with Crippen LogP contribution in [0.2, 0.25) is 0 Å². The van der Waals surface area contributed by atoms with Crippen molar-refractivity contribution >= 4 is 11.9 Å². The number of piperazine rings is 1. The zero-order valence-electron chi connectivity index (χ0n) is 19.9. The molecule has 2 aliphatic heterocycles. The number of amides is 1. The number of pyridine rings is 1. The molecule has 2 aromatic rings. The smallest absolute Gasteiger partial charge is 0.410 e. The van der Waals surface area contributed by atoms with E-state index in [0.29, 0.717) is 19.0 Å². The Morgan fingerprint density at radius 3 is 2.44 bits per heavy atom. The van der Waals surface area contributed by atoms with Gasteiger partial charge in [0.25, 0.3) is 0 Å². The van der Waals surface area contributed by atoms with Crippen molar-refractivity contribution in [1.82, 2.24) is 14.8 Å². The predicted octanol–water partition coefficient (Wildman–Crippen LogP) is 4.65. The molecule has 6 heteroatoms. The van der Waals surface area contributed by atoms with E-state index in [9.17, 15) is 4.79 Å². The number of fused-ring (bicyclic) bond motifs is 1. The summed E-state index contributed by atoms with van der Waals surface area (Å²) in [7, 11) is 0. The molecule has 4 rings (SSSR count). The molecule has 32 heavy (non-hydrogen) atoms. The van der Waals surface area contributed by atoms with Gasteiger partial charge in [-0.05, 0) is 44.4 Å². The van der Waals surface area contributed by atoms with Crippen molar-refractivity contribution in [2.24, 2.45) is 0 Å². The average molecular weight is 437 g/mol. The summed E-state index contributed by atoms with van der Waals surface area (Å²) in [6, 6.07) is 15.1. The molecule has 1 amide bonds. The predicted molar refractivity (Wildman–Crippen MR) is 128 cm³/mol. The van der Waals surface area contributed by atoms with Gasteiger partial charge in [0.15, 0.2) is 0 Å². The van der Waals surface area contributed by atoms with Crippen LogP contribution >= 0.6 is 0 Å². The standard InChI is InChI=1S/C26H36N4O2/c1-5-21-18-28(17-20-9-7-6-8-10-20)19-22-11-12-23(27-24(21)22)29-13-15-30(16-14-29)25(31)32-26(2,3)4/h6-12,21H,5,13-19H2,1-4H3. The van der Waals surface area contributed by atoms with E-state index in [0.717, 1.165) is 45.0 Å². The van der Waals surface area contributed by atoms with Crippen molar-refractivity contribution in [2.45, 2.75) is 58.7 Å². The Balaban J connectivity index is 1.41. The minimum absolute atomic E-state index is 0.222. The lowest BCUT2D eigenvalue weighted by atomic mass is 9.92. The maximum atomic E-state index is 12.4. The number of rotatable bonds is 4. The molecule has 1 atom stereocenters. The van der Waals surface area contributed by atoms with Gasteiger partial charge >= 0.3 is 6.09 Å². The van der Waals surface area contributed by atoms with E-state index in [2.05, 4.69) is 59.2 Å². The molecule has 0 bridgehead atoms. The van der Waals surface area contributed by atoms with Gasteiger partial charge < -0.3 is 14.5 Å². The molecule has 1 unspecified atom stereocenters. The zero-order valence-corrected chi connectivity index (χ0v) is 19.9. The summed E-state index contributed by atoms with van der Waals surface area (Å²) in [6.45, 7) is 13.8. The van der Waals surface area contributed by atoms with Crippen LogP contribution in [-0.4, -0.2) is 59.2 Å². The van der Waals surface area contributed by atoms with Gasteiger partial charge in [0.2, 0.25) is 0 Å². The molecular weight excluding hydrogens is 400 g/mol. The number of anilines is 1. The fourth-order valence-electron chi connectivity index (χ4n) is 4.59. The van der Waals surface area contributed by atoms with Gasteiger partial charge in [-0.25, -0.2) is 9.78 Å². The van der Waals surface area contributed by atoms with Crippen LogP contribution in [-0.2, 0) is 17.8 Å². The molecule has 0 aliphatic carbocycles. The average Bonchev–Trinajstić information content (AvgIpc) is 2.78. The van der Waals surface area contributed by atoms with Gasteiger partial charge in [0.1, 0.15) is 11.4 Å². The Morgan fingerprint density at radius 1 is 1.06 bits per heavy atom. The van der Waals surface area contributed by atoms with Crippen LogP contribution in [0.25, 0.3) is 0 Å². The molecule has 1 aromatic carbocycles. The third-order valence-electron chi connectivity index (χ3n) is 6.25. The second-order valence-corrected chi connectivity index (χ2v) is 9.93. The molecule has 3 heterocycles. The SMILES string of the molecule is CCC1CN(Cc2ccccc2)Cc2ccc(N3CCN(C(=O)OC(C)(C)C)CC3)nc21. The molecule has 6 nitrogen and oxygen atoms in total. The first-order valence-corrected chi connectivity index (χ1v) is 11.8. The molecule has 0 saturated carbocycles. The van der Waals surface area contributed by atoms with Crippen molar-refractivity contribution in [3.63, 3.8) is 0 Å². The zero-order chi connectivity index (χ0) is 22.7. The lowest BCUT2D eigenvalue weighted by Gasteiger charge is -2.38. The summed E-state index contributed by atoms with van der Waals surface area (Å²) < 4.78 is 5.52. The van der Waals surface area contributed by atoms with Gasteiger partial charge in [-0.3, -0.25) is 4.90 Å². The third-order valence-corrected chi connectivity index (χ3v) is 6.25.